The number of nitrogens with one attached hydrogen (secondary N) is 1. The van der Waals surface area contributed by atoms with Crippen LogP contribution in [0, 0.1) is 6.92 Å². The van der Waals surface area contributed by atoms with Gasteiger partial charge in [-0.1, -0.05) is 24.2 Å². The summed E-state index contributed by atoms with van der Waals surface area (Å²) in [5.74, 6) is 0. The Morgan fingerprint density at radius 2 is 1.86 bits per heavy atom. The maximum atomic E-state index is 12.9. The van der Waals surface area contributed by atoms with Crippen LogP contribution >= 0.6 is 11.3 Å². The third-order valence-corrected chi connectivity index (χ3v) is 7.36. The topological polar surface area (TPSA) is 73.5 Å². The second kappa shape index (κ2) is 6.60. The third-order valence-electron chi connectivity index (χ3n) is 3.82. The average molecular weight is 333 g/mol. The summed E-state index contributed by atoms with van der Waals surface area (Å²) in [6.07, 6.45) is 3.96. The van der Waals surface area contributed by atoms with Crippen molar-refractivity contribution in [3.8, 4) is 0 Å². The fraction of sp³-hybridized carbons (Fsp3) is 0.769. The zero-order valence-electron chi connectivity index (χ0n) is 12.8. The molecule has 1 saturated carbocycles. The van der Waals surface area contributed by atoms with E-state index < -0.39 is 10.0 Å². The molecule has 21 heavy (non-hydrogen) atoms. The van der Waals surface area contributed by atoms with Gasteiger partial charge in [0.05, 0.1) is 0 Å². The number of H-pyrrole nitrogens is 1. The summed E-state index contributed by atoms with van der Waals surface area (Å²) in [5.41, 5.74) is 0.442. The molecule has 2 rings (SSSR count). The first-order valence-corrected chi connectivity index (χ1v) is 9.44. The van der Waals surface area contributed by atoms with Gasteiger partial charge in [-0.3, -0.25) is 4.79 Å². The van der Waals surface area contributed by atoms with Gasteiger partial charge < -0.3 is 9.88 Å². The maximum Gasteiger partial charge on any atom is 0.305 e. The molecule has 0 unspecified atom stereocenters. The van der Waals surface area contributed by atoms with Crippen LogP contribution in [-0.2, 0) is 10.0 Å². The standard InChI is InChI=1S/C13H23N3O3S2/c1-10-12(20-13(17)14-10)21(18,19)16(9-8-15(2)3)11-6-4-5-7-11/h11H,4-9H2,1-3H3,(H,14,17). The molecule has 0 saturated heterocycles. The first kappa shape index (κ1) is 16.7. The lowest BCUT2D eigenvalue weighted by Gasteiger charge is -2.28. The van der Waals surface area contributed by atoms with Gasteiger partial charge >= 0.3 is 4.87 Å². The van der Waals surface area contributed by atoms with E-state index in [4.69, 9.17) is 0 Å². The van der Waals surface area contributed by atoms with Crippen molar-refractivity contribution in [2.75, 3.05) is 27.2 Å². The maximum absolute atomic E-state index is 12.9. The van der Waals surface area contributed by atoms with Gasteiger partial charge in [0, 0.05) is 24.8 Å². The molecule has 0 aromatic carbocycles. The first-order valence-electron chi connectivity index (χ1n) is 7.18. The summed E-state index contributed by atoms with van der Waals surface area (Å²) in [6, 6.07) is 0.0616. The van der Waals surface area contributed by atoms with Gasteiger partial charge in [0.2, 0.25) is 0 Å². The smallest absolute Gasteiger partial charge is 0.305 e. The summed E-state index contributed by atoms with van der Waals surface area (Å²) >= 11 is 0.788. The van der Waals surface area contributed by atoms with Crippen LogP contribution in [0.4, 0.5) is 0 Å². The summed E-state index contributed by atoms with van der Waals surface area (Å²) in [6.45, 7) is 2.78. The number of hydrogen-bond acceptors (Lipinski definition) is 5. The van der Waals surface area contributed by atoms with Crippen molar-refractivity contribution in [3.63, 3.8) is 0 Å². The normalized spacial score (nSPS) is 17.2. The van der Waals surface area contributed by atoms with Crippen LogP contribution in [0.1, 0.15) is 31.4 Å². The highest BCUT2D eigenvalue weighted by molar-refractivity contribution is 7.91. The molecule has 1 aromatic rings. The Morgan fingerprint density at radius 1 is 1.24 bits per heavy atom. The first-order chi connectivity index (χ1) is 9.82. The number of hydrogen-bond donors (Lipinski definition) is 1. The highest BCUT2D eigenvalue weighted by atomic mass is 32.2. The van der Waals surface area contributed by atoms with Gasteiger partial charge in [0.15, 0.2) is 4.21 Å². The van der Waals surface area contributed by atoms with Gasteiger partial charge in [0.25, 0.3) is 10.0 Å². The Labute approximate surface area is 129 Å². The molecule has 1 N–H and O–H groups in total. The van der Waals surface area contributed by atoms with E-state index in [1.165, 1.54) is 0 Å². The molecule has 0 radical (unpaired) electrons. The molecule has 0 bridgehead atoms. The molecular weight excluding hydrogens is 310 g/mol. The minimum absolute atomic E-state index is 0.0616. The van der Waals surface area contributed by atoms with E-state index in [1.54, 1.807) is 11.2 Å². The molecule has 0 spiro atoms. The molecule has 6 nitrogen and oxygen atoms in total. The molecule has 1 aliphatic carbocycles. The van der Waals surface area contributed by atoms with Gasteiger partial charge in [0.1, 0.15) is 0 Å². The Hall–Kier alpha value is -0.700. The van der Waals surface area contributed by atoms with Crippen molar-refractivity contribution in [2.24, 2.45) is 0 Å². The number of rotatable bonds is 6. The lowest BCUT2D eigenvalue weighted by Crippen LogP contribution is -2.42. The molecule has 0 atom stereocenters. The van der Waals surface area contributed by atoms with E-state index >= 15 is 0 Å². The van der Waals surface area contributed by atoms with Crippen molar-refractivity contribution in [1.82, 2.24) is 14.2 Å². The van der Waals surface area contributed by atoms with Crippen LogP contribution in [0.2, 0.25) is 0 Å². The second-order valence-electron chi connectivity index (χ2n) is 5.78. The van der Waals surface area contributed by atoms with Crippen LogP contribution in [0.25, 0.3) is 0 Å². The highest BCUT2D eigenvalue weighted by Gasteiger charge is 2.35. The molecular formula is C13H23N3O3S2. The van der Waals surface area contributed by atoms with Crippen LogP contribution in [0.15, 0.2) is 9.00 Å². The number of thiazole rings is 1. The highest BCUT2D eigenvalue weighted by Crippen LogP contribution is 2.30. The zero-order chi connectivity index (χ0) is 15.6. The largest absolute Gasteiger partial charge is 0.315 e. The Kier molecular flexibility index (Phi) is 5.24. The Morgan fingerprint density at radius 3 is 2.33 bits per heavy atom. The van der Waals surface area contributed by atoms with Crippen LogP contribution in [-0.4, -0.2) is 55.8 Å². The molecule has 1 aliphatic rings. The number of aromatic amines is 1. The van der Waals surface area contributed by atoms with Gasteiger partial charge in [-0.25, -0.2) is 8.42 Å². The molecule has 1 heterocycles. The summed E-state index contributed by atoms with van der Waals surface area (Å²) in [5, 5.41) is 0. The van der Waals surface area contributed by atoms with Gasteiger partial charge in [-0.2, -0.15) is 4.31 Å². The molecule has 1 aromatic heterocycles. The minimum atomic E-state index is -3.60. The fourth-order valence-electron chi connectivity index (χ4n) is 2.73. The molecule has 0 amide bonds. The van der Waals surface area contributed by atoms with Crippen molar-refractivity contribution < 1.29 is 8.42 Å². The van der Waals surface area contributed by atoms with E-state index in [0.29, 0.717) is 18.8 Å². The van der Waals surface area contributed by atoms with Crippen LogP contribution in [0.3, 0.4) is 0 Å². The SMILES string of the molecule is Cc1[nH]c(=O)sc1S(=O)(=O)N(CCN(C)C)C1CCCC1. The van der Waals surface area contributed by atoms with Gasteiger partial charge in [-0.15, -0.1) is 0 Å². The Balaban J connectivity index is 2.33. The van der Waals surface area contributed by atoms with Crippen molar-refractivity contribution in [3.05, 3.63) is 15.4 Å². The lowest BCUT2D eigenvalue weighted by atomic mass is 10.2. The van der Waals surface area contributed by atoms with E-state index in [9.17, 15) is 13.2 Å². The fourth-order valence-corrected chi connectivity index (χ4v) is 5.82. The predicted octanol–water partition coefficient (Wildman–Crippen LogP) is 1.24. The van der Waals surface area contributed by atoms with Crippen molar-refractivity contribution in [1.29, 1.82) is 0 Å². The van der Waals surface area contributed by atoms with E-state index in [2.05, 4.69) is 4.98 Å². The summed E-state index contributed by atoms with van der Waals surface area (Å²) < 4.78 is 27.6. The second-order valence-corrected chi connectivity index (χ2v) is 8.85. The minimum Gasteiger partial charge on any atom is -0.315 e. The number of nitrogens with zero attached hydrogens (tertiary/aromatic N) is 2. The van der Waals surface area contributed by atoms with Crippen LogP contribution in [0.5, 0.6) is 0 Å². The summed E-state index contributed by atoms with van der Waals surface area (Å²) in [7, 11) is 0.264. The quantitative estimate of drug-likeness (QED) is 0.850. The van der Waals surface area contributed by atoms with E-state index in [-0.39, 0.29) is 15.1 Å². The lowest BCUT2D eigenvalue weighted by molar-refractivity contribution is 0.282. The number of aryl methyl sites for hydroxylation is 1. The third kappa shape index (κ3) is 3.74. The Bertz CT molecular complexity index is 627. The van der Waals surface area contributed by atoms with Crippen molar-refractivity contribution >= 4 is 21.4 Å². The average Bonchev–Trinajstić information content (AvgIpc) is 2.99. The molecule has 120 valence electrons. The predicted molar refractivity (Wildman–Crippen MR) is 84.4 cm³/mol. The molecule has 0 aliphatic heterocycles. The molecule has 8 heteroatoms. The zero-order valence-corrected chi connectivity index (χ0v) is 14.4. The monoisotopic (exact) mass is 333 g/mol. The number of sulfonamides is 1. The molecule has 1 fully saturated rings. The van der Waals surface area contributed by atoms with E-state index in [0.717, 1.165) is 37.0 Å². The number of likely N-dealkylation sites (N-methyl/N-ethyl adjacent to an activating group) is 1. The van der Waals surface area contributed by atoms with Gasteiger partial charge in [-0.05, 0) is 33.9 Å². The van der Waals surface area contributed by atoms with E-state index in [1.807, 2.05) is 19.0 Å². The van der Waals surface area contributed by atoms with Crippen LogP contribution < -0.4 is 4.87 Å². The summed E-state index contributed by atoms with van der Waals surface area (Å²) in [4.78, 5) is 15.7. The van der Waals surface area contributed by atoms with Crippen molar-refractivity contribution in [2.45, 2.75) is 42.9 Å². The number of aromatic nitrogens is 1.